The van der Waals surface area contributed by atoms with Crippen LogP contribution < -0.4 is 3.27 Å². The van der Waals surface area contributed by atoms with E-state index in [4.69, 9.17) is 4.21 Å². The van der Waals surface area contributed by atoms with Crippen LogP contribution in [0.4, 0.5) is 8.78 Å². The summed E-state index contributed by atoms with van der Waals surface area (Å²) in [6.45, 7) is 6.87. The van der Waals surface area contributed by atoms with Crippen molar-refractivity contribution in [3.63, 3.8) is 0 Å². The van der Waals surface area contributed by atoms with Crippen LogP contribution in [0.15, 0.2) is 155 Å². The molecule has 2 aliphatic carbocycles. The topological polar surface area (TPSA) is 0 Å². The molecule has 56 heavy (non-hydrogen) atoms. The molecule has 1 unspecified atom stereocenters. The van der Waals surface area contributed by atoms with Crippen molar-refractivity contribution in [2.24, 2.45) is 5.92 Å². The molecule has 0 amide bonds. The normalized spacial score (nSPS) is 13.7. The summed E-state index contributed by atoms with van der Waals surface area (Å²) in [5.74, 6) is 0.203. The number of hydrogen-bond acceptors (Lipinski definition) is 0. The van der Waals surface area contributed by atoms with E-state index in [1.165, 1.54) is 68.8 Å². The Morgan fingerprint density at radius 2 is 1.30 bits per heavy atom. The molecule has 0 saturated carbocycles. The molecular weight excluding hydrogens is 813 g/mol. The Bertz CT molecular complexity index is 2450. The van der Waals surface area contributed by atoms with E-state index >= 15 is 8.78 Å². The van der Waals surface area contributed by atoms with Crippen molar-refractivity contribution in [2.45, 2.75) is 54.2 Å². The molecule has 0 bridgehead atoms. The van der Waals surface area contributed by atoms with Crippen LogP contribution in [-0.2, 0) is 39.4 Å². The molecular formula is C51H50Cl2F2Zr. The van der Waals surface area contributed by atoms with Crippen LogP contribution in [0.5, 0.6) is 0 Å². The summed E-state index contributed by atoms with van der Waals surface area (Å²) in [5.41, 5.74) is 13.6. The summed E-state index contributed by atoms with van der Waals surface area (Å²) < 4.78 is 40.2. The molecule has 0 N–H and O–H groups in total. The Balaban J connectivity index is 0.00000266. The van der Waals surface area contributed by atoms with Crippen LogP contribution in [0.25, 0.3) is 22.3 Å². The van der Waals surface area contributed by atoms with Gasteiger partial charge in [-0.05, 0) is 0 Å². The van der Waals surface area contributed by atoms with Crippen LogP contribution >= 0.6 is 24.8 Å². The Kier molecular flexibility index (Phi) is 12.5. The van der Waals surface area contributed by atoms with Gasteiger partial charge in [0, 0.05) is 0 Å². The van der Waals surface area contributed by atoms with Gasteiger partial charge in [0.05, 0.1) is 0 Å². The minimum atomic E-state index is -5.00. The molecule has 0 fully saturated rings. The van der Waals surface area contributed by atoms with Crippen molar-refractivity contribution in [3.05, 3.63) is 206 Å². The second kappa shape index (κ2) is 16.8. The maximum absolute atomic E-state index is 15.2. The van der Waals surface area contributed by atoms with Gasteiger partial charge in [0.15, 0.2) is 0 Å². The van der Waals surface area contributed by atoms with Crippen LogP contribution in [-0.4, -0.2) is 4.21 Å². The first-order chi connectivity index (χ1) is 26.1. The SMILES string of the molecule is Cl.Cl.[CH2]=[Zr]([CH2]c1cccc(F)c1)([CH2]c1cccc(F)c1)([C]1=CC=CC1)[c]1c(CC(c2ccccc2)C(C)C)ccc2c1Cc1cc(-c3ccccc3)c(C)cc1-2. The molecule has 8 rings (SSSR count). The molecule has 0 aromatic heterocycles. The average molecular weight is 863 g/mol. The summed E-state index contributed by atoms with van der Waals surface area (Å²) >= 11 is -5.00. The zero-order valence-electron chi connectivity index (χ0n) is 32.4. The van der Waals surface area contributed by atoms with Crippen LogP contribution in [0.3, 0.4) is 0 Å². The molecule has 0 heterocycles. The molecule has 286 valence electrons. The van der Waals surface area contributed by atoms with E-state index in [-0.39, 0.29) is 42.4 Å². The fourth-order valence-electron chi connectivity index (χ4n) is 9.90. The third kappa shape index (κ3) is 7.81. The number of benzene rings is 6. The predicted molar refractivity (Wildman–Crippen MR) is 236 cm³/mol. The summed E-state index contributed by atoms with van der Waals surface area (Å²) in [7, 11) is 0. The molecule has 0 saturated heterocycles. The standard InChI is InChI=1S/C31H29.2C7H6F.C5H5.CH2.2ClH.Zr/c1-21(2)29(24-10-6-4-7-11-24)18-23-14-15-28-26(17-23)19-27-20-30(22(3)16-31(27)28)25-12-8-5-9-13-25;2*1-6-3-2-4-7(8)5-6;1-2-4-5-3-1;;;;/h4-16,20-21,29H,18-19H2,1-3H3;2*2-5H,1H2;1-3H,4H2;1H2;2*1H;. The van der Waals surface area contributed by atoms with Gasteiger partial charge in [-0.3, -0.25) is 0 Å². The molecule has 6 aromatic carbocycles. The van der Waals surface area contributed by atoms with E-state index in [1.807, 2.05) is 12.1 Å². The van der Waals surface area contributed by atoms with Gasteiger partial charge < -0.3 is 0 Å². The zero-order valence-corrected chi connectivity index (χ0v) is 36.5. The van der Waals surface area contributed by atoms with Gasteiger partial charge >= 0.3 is 322 Å². The fourth-order valence-corrected chi connectivity index (χ4v) is 26.8. The number of aryl methyl sites for hydroxylation is 1. The van der Waals surface area contributed by atoms with Crippen molar-refractivity contribution in [2.75, 3.05) is 0 Å². The summed E-state index contributed by atoms with van der Waals surface area (Å²) in [4.78, 5) is 0. The number of rotatable bonds is 11. The van der Waals surface area contributed by atoms with Crippen molar-refractivity contribution in [1.82, 2.24) is 0 Å². The molecule has 0 nitrogen and oxygen atoms in total. The van der Waals surface area contributed by atoms with E-state index in [0.29, 0.717) is 14.2 Å². The molecule has 0 radical (unpaired) electrons. The van der Waals surface area contributed by atoms with Gasteiger partial charge in [0.25, 0.3) is 0 Å². The number of halogens is 4. The van der Waals surface area contributed by atoms with Gasteiger partial charge in [-0.25, -0.2) is 0 Å². The van der Waals surface area contributed by atoms with Crippen molar-refractivity contribution in [1.29, 1.82) is 0 Å². The van der Waals surface area contributed by atoms with E-state index in [2.05, 4.69) is 136 Å². The monoisotopic (exact) mass is 860 g/mol. The number of allylic oxidation sites excluding steroid dienone is 4. The van der Waals surface area contributed by atoms with Gasteiger partial charge in [-0.2, -0.15) is 0 Å². The Morgan fingerprint density at radius 3 is 1.88 bits per heavy atom. The molecule has 5 heteroatoms. The van der Waals surface area contributed by atoms with Gasteiger partial charge in [-0.1, -0.05) is 0 Å². The van der Waals surface area contributed by atoms with E-state index in [0.717, 1.165) is 30.4 Å². The molecule has 6 aromatic rings. The maximum atomic E-state index is 15.2. The van der Waals surface area contributed by atoms with Crippen molar-refractivity contribution in [3.8, 4) is 22.3 Å². The molecule has 1 atom stereocenters. The third-order valence-electron chi connectivity index (χ3n) is 12.4. The fraction of sp³-hybridized carbons (Fsp3) is 0.196. The zero-order chi connectivity index (χ0) is 37.5. The Morgan fingerprint density at radius 1 is 0.679 bits per heavy atom. The first-order valence-electron chi connectivity index (χ1n) is 19.4. The second-order valence-electron chi connectivity index (χ2n) is 16.3. The van der Waals surface area contributed by atoms with Crippen LogP contribution in [0, 0.1) is 24.5 Å². The quantitative estimate of drug-likeness (QED) is 0.122. The number of hydrogen-bond donors (Lipinski definition) is 0. The average Bonchev–Trinajstić information content (AvgIpc) is 3.84. The first kappa shape index (κ1) is 41.6. The predicted octanol–water partition coefficient (Wildman–Crippen LogP) is 13.3. The Labute approximate surface area is 344 Å². The second-order valence-corrected chi connectivity index (χ2v) is 30.4. The van der Waals surface area contributed by atoms with E-state index < -0.39 is 18.3 Å². The third-order valence-corrected chi connectivity index (χ3v) is 28.4. The van der Waals surface area contributed by atoms with E-state index in [1.54, 1.807) is 12.1 Å². The van der Waals surface area contributed by atoms with Gasteiger partial charge in [0.1, 0.15) is 0 Å². The van der Waals surface area contributed by atoms with Gasteiger partial charge in [-0.15, -0.1) is 24.8 Å². The Hall–Kier alpha value is -4.01. The molecule has 2 aliphatic rings. The first-order valence-corrected chi connectivity index (χ1v) is 27.1. The molecule has 0 spiro atoms. The van der Waals surface area contributed by atoms with Crippen molar-refractivity contribution >= 4 is 32.3 Å². The van der Waals surface area contributed by atoms with Crippen LogP contribution in [0.2, 0.25) is 0 Å². The van der Waals surface area contributed by atoms with Crippen molar-refractivity contribution < 1.29 is 27.1 Å². The summed E-state index contributed by atoms with van der Waals surface area (Å²) in [5, 5.41) is 0. The summed E-state index contributed by atoms with van der Waals surface area (Å²) in [6.07, 6.45) is 9.22. The van der Waals surface area contributed by atoms with Gasteiger partial charge in [0.2, 0.25) is 0 Å². The summed E-state index contributed by atoms with van der Waals surface area (Å²) in [6, 6.07) is 45.4. The van der Waals surface area contributed by atoms with E-state index in [9.17, 15) is 0 Å². The minimum absolute atomic E-state index is 0. The molecule has 0 aliphatic heterocycles. The number of fused-ring (bicyclic) bond motifs is 3. The van der Waals surface area contributed by atoms with Crippen LogP contribution in [0.1, 0.15) is 65.1 Å².